The lowest BCUT2D eigenvalue weighted by Crippen LogP contribution is -2.44. The minimum absolute atomic E-state index is 0.0445. The summed E-state index contributed by atoms with van der Waals surface area (Å²) < 4.78 is 0. The van der Waals surface area contributed by atoms with Crippen molar-refractivity contribution in [1.82, 2.24) is 10.2 Å². The largest absolute Gasteiger partial charge is 0.352 e. The number of likely N-dealkylation sites (N-methyl/N-ethyl adjacent to an activating group) is 1. The summed E-state index contributed by atoms with van der Waals surface area (Å²) >= 11 is 0. The summed E-state index contributed by atoms with van der Waals surface area (Å²) in [6, 6.07) is 0.318. The zero-order chi connectivity index (χ0) is 15.3. The Balaban J connectivity index is 2.48. The van der Waals surface area contributed by atoms with E-state index in [4.69, 9.17) is 5.73 Å². The Hall–Kier alpha value is -1.10. The second kappa shape index (κ2) is 7.62. The van der Waals surface area contributed by atoms with E-state index in [0.717, 1.165) is 25.7 Å². The molecule has 0 aromatic rings. The summed E-state index contributed by atoms with van der Waals surface area (Å²) in [5, 5.41) is 2.80. The van der Waals surface area contributed by atoms with Gasteiger partial charge in [-0.05, 0) is 39.0 Å². The molecule has 0 saturated heterocycles. The van der Waals surface area contributed by atoms with Crippen LogP contribution in [-0.4, -0.2) is 42.4 Å². The molecule has 116 valence electrons. The lowest BCUT2D eigenvalue weighted by atomic mass is 9.78. The zero-order valence-electron chi connectivity index (χ0n) is 13.2. The average Bonchev–Trinajstić information content (AvgIpc) is 2.35. The number of carbonyl (C=O) groups is 2. The topological polar surface area (TPSA) is 75.4 Å². The molecule has 0 bridgehead atoms. The minimum atomic E-state index is -0.108. The van der Waals surface area contributed by atoms with Gasteiger partial charge in [-0.25, -0.2) is 0 Å². The molecule has 1 aliphatic rings. The van der Waals surface area contributed by atoms with Crippen molar-refractivity contribution in [3.63, 3.8) is 0 Å². The quantitative estimate of drug-likeness (QED) is 0.794. The molecule has 0 spiro atoms. The Morgan fingerprint density at radius 3 is 2.50 bits per heavy atom. The van der Waals surface area contributed by atoms with Crippen LogP contribution in [0.15, 0.2) is 0 Å². The van der Waals surface area contributed by atoms with Gasteiger partial charge < -0.3 is 16.0 Å². The van der Waals surface area contributed by atoms with Gasteiger partial charge in [0, 0.05) is 25.0 Å². The van der Waals surface area contributed by atoms with Gasteiger partial charge in [0.2, 0.25) is 11.8 Å². The lowest BCUT2D eigenvalue weighted by Gasteiger charge is -2.32. The summed E-state index contributed by atoms with van der Waals surface area (Å²) in [5.41, 5.74) is 5.99. The zero-order valence-corrected chi connectivity index (χ0v) is 13.2. The van der Waals surface area contributed by atoms with E-state index in [9.17, 15) is 9.59 Å². The highest BCUT2D eigenvalue weighted by molar-refractivity contribution is 5.85. The number of amides is 2. The highest BCUT2D eigenvalue weighted by Crippen LogP contribution is 2.30. The summed E-state index contributed by atoms with van der Waals surface area (Å²) in [6.07, 6.45) is 4.14. The van der Waals surface area contributed by atoms with Crippen LogP contribution in [0, 0.1) is 11.8 Å². The first-order valence-electron chi connectivity index (χ1n) is 7.61. The van der Waals surface area contributed by atoms with E-state index in [1.165, 1.54) is 4.90 Å². The third-order valence-corrected chi connectivity index (χ3v) is 4.06. The van der Waals surface area contributed by atoms with Gasteiger partial charge in [0.05, 0.1) is 6.54 Å². The Labute approximate surface area is 122 Å². The van der Waals surface area contributed by atoms with Gasteiger partial charge in [-0.2, -0.15) is 0 Å². The molecule has 5 nitrogen and oxygen atoms in total. The SMILES string of the molecule is CC(C)NC(=O)CN(C)C(=O)C(C)C1CCCC(N)C1. The van der Waals surface area contributed by atoms with Crippen molar-refractivity contribution >= 4 is 11.8 Å². The van der Waals surface area contributed by atoms with E-state index in [0.29, 0.717) is 5.92 Å². The molecular weight excluding hydrogens is 254 g/mol. The van der Waals surface area contributed by atoms with Crippen molar-refractivity contribution in [2.45, 2.75) is 58.5 Å². The highest BCUT2D eigenvalue weighted by atomic mass is 16.2. The summed E-state index contributed by atoms with van der Waals surface area (Å²) in [6.45, 7) is 5.90. The highest BCUT2D eigenvalue weighted by Gasteiger charge is 2.30. The van der Waals surface area contributed by atoms with Crippen LogP contribution in [0.3, 0.4) is 0 Å². The van der Waals surface area contributed by atoms with Crippen LogP contribution in [-0.2, 0) is 9.59 Å². The normalized spacial score (nSPS) is 24.3. The van der Waals surface area contributed by atoms with Crippen LogP contribution in [0.2, 0.25) is 0 Å². The molecule has 0 radical (unpaired) electrons. The molecule has 20 heavy (non-hydrogen) atoms. The number of nitrogens with two attached hydrogens (primary N) is 1. The van der Waals surface area contributed by atoms with Crippen molar-refractivity contribution in [2.24, 2.45) is 17.6 Å². The maximum Gasteiger partial charge on any atom is 0.239 e. The first-order chi connectivity index (χ1) is 9.31. The maximum absolute atomic E-state index is 12.4. The monoisotopic (exact) mass is 283 g/mol. The number of nitrogens with one attached hydrogen (secondary N) is 1. The molecule has 0 aliphatic heterocycles. The molecule has 1 saturated carbocycles. The van der Waals surface area contributed by atoms with Crippen LogP contribution in [0.1, 0.15) is 46.5 Å². The molecule has 2 amide bonds. The second-order valence-electron chi connectivity index (χ2n) is 6.39. The first-order valence-corrected chi connectivity index (χ1v) is 7.61. The summed E-state index contributed by atoms with van der Waals surface area (Å²) in [7, 11) is 1.70. The maximum atomic E-state index is 12.4. The van der Waals surface area contributed by atoms with Gasteiger partial charge in [0.15, 0.2) is 0 Å². The van der Waals surface area contributed by atoms with Crippen LogP contribution in [0.4, 0.5) is 0 Å². The fourth-order valence-corrected chi connectivity index (χ4v) is 2.93. The van der Waals surface area contributed by atoms with Crippen LogP contribution in [0.5, 0.6) is 0 Å². The van der Waals surface area contributed by atoms with E-state index in [-0.39, 0.29) is 36.4 Å². The van der Waals surface area contributed by atoms with E-state index < -0.39 is 0 Å². The molecule has 0 aromatic heterocycles. The Morgan fingerprint density at radius 2 is 1.95 bits per heavy atom. The first kappa shape index (κ1) is 17.0. The van der Waals surface area contributed by atoms with Crippen LogP contribution < -0.4 is 11.1 Å². The third kappa shape index (κ3) is 5.12. The molecule has 3 unspecified atom stereocenters. The number of hydrogen-bond donors (Lipinski definition) is 2. The molecule has 1 fully saturated rings. The minimum Gasteiger partial charge on any atom is -0.352 e. The van der Waals surface area contributed by atoms with Gasteiger partial charge in [-0.3, -0.25) is 9.59 Å². The number of nitrogens with zero attached hydrogens (tertiary/aromatic N) is 1. The third-order valence-electron chi connectivity index (χ3n) is 4.06. The van der Waals surface area contributed by atoms with E-state index in [2.05, 4.69) is 5.32 Å². The number of carbonyl (C=O) groups excluding carboxylic acids is 2. The van der Waals surface area contributed by atoms with Crippen LogP contribution in [0.25, 0.3) is 0 Å². The van der Waals surface area contributed by atoms with Crippen molar-refractivity contribution in [1.29, 1.82) is 0 Å². The van der Waals surface area contributed by atoms with E-state index >= 15 is 0 Å². The van der Waals surface area contributed by atoms with Gasteiger partial charge in [0.1, 0.15) is 0 Å². The molecule has 0 aromatic carbocycles. The number of hydrogen-bond acceptors (Lipinski definition) is 3. The van der Waals surface area contributed by atoms with Gasteiger partial charge in [-0.1, -0.05) is 13.3 Å². The second-order valence-corrected chi connectivity index (χ2v) is 6.39. The predicted molar refractivity (Wildman–Crippen MR) is 80.0 cm³/mol. The fraction of sp³-hybridized carbons (Fsp3) is 0.867. The molecule has 1 rings (SSSR count). The summed E-state index contributed by atoms with van der Waals surface area (Å²) in [4.78, 5) is 25.6. The Morgan fingerprint density at radius 1 is 1.30 bits per heavy atom. The number of rotatable bonds is 5. The lowest BCUT2D eigenvalue weighted by molar-refractivity contribution is -0.139. The standard InChI is InChI=1S/C15H29N3O2/c1-10(2)17-14(19)9-18(4)15(20)11(3)12-6-5-7-13(16)8-12/h10-13H,5-9,16H2,1-4H3,(H,17,19). The molecule has 5 heteroatoms. The predicted octanol–water partition coefficient (Wildman–Crippen LogP) is 1.12. The molecule has 3 atom stereocenters. The Bertz CT molecular complexity index is 344. The van der Waals surface area contributed by atoms with Gasteiger partial charge >= 0.3 is 0 Å². The van der Waals surface area contributed by atoms with Crippen molar-refractivity contribution in [3.8, 4) is 0 Å². The summed E-state index contributed by atoms with van der Waals surface area (Å²) in [5.74, 6) is 0.228. The van der Waals surface area contributed by atoms with Gasteiger partial charge in [-0.15, -0.1) is 0 Å². The molecular formula is C15H29N3O2. The van der Waals surface area contributed by atoms with Crippen molar-refractivity contribution < 1.29 is 9.59 Å². The molecule has 0 heterocycles. The van der Waals surface area contributed by atoms with Crippen molar-refractivity contribution in [2.75, 3.05) is 13.6 Å². The smallest absolute Gasteiger partial charge is 0.239 e. The van der Waals surface area contributed by atoms with E-state index in [1.54, 1.807) is 7.05 Å². The van der Waals surface area contributed by atoms with E-state index in [1.807, 2.05) is 20.8 Å². The Kier molecular flexibility index (Phi) is 6.46. The average molecular weight is 283 g/mol. The molecule has 3 N–H and O–H groups in total. The van der Waals surface area contributed by atoms with Crippen LogP contribution >= 0.6 is 0 Å². The van der Waals surface area contributed by atoms with Crippen molar-refractivity contribution in [3.05, 3.63) is 0 Å². The van der Waals surface area contributed by atoms with Gasteiger partial charge in [0.25, 0.3) is 0 Å². The molecule has 1 aliphatic carbocycles. The fourth-order valence-electron chi connectivity index (χ4n) is 2.93.